The molecule has 0 bridgehead atoms. The van der Waals surface area contributed by atoms with E-state index < -0.39 is 0 Å². The third-order valence-corrected chi connectivity index (χ3v) is 3.31. The summed E-state index contributed by atoms with van der Waals surface area (Å²) in [6.45, 7) is 4.35. The Morgan fingerprint density at radius 3 is 2.60 bits per heavy atom. The van der Waals surface area contributed by atoms with Gasteiger partial charge in [0.25, 0.3) is 0 Å². The predicted octanol–water partition coefficient (Wildman–Crippen LogP) is 2.10. The summed E-state index contributed by atoms with van der Waals surface area (Å²) >= 11 is 0. The normalized spacial score (nSPS) is 11.8. The van der Waals surface area contributed by atoms with Crippen LogP contribution in [0.15, 0.2) is 18.2 Å². The lowest BCUT2D eigenvalue weighted by molar-refractivity contribution is -0.117. The zero-order chi connectivity index (χ0) is 15.1. The van der Waals surface area contributed by atoms with E-state index in [1.807, 2.05) is 13.8 Å². The fraction of sp³-hybridized carbons (Fsp3) is 0.467. The predicted molar refractivity (Wildman–Crippen MR) is 78.6 cm³/mol. The second-order valence-corrected chi connectivity index (χ2v) is 4.78. The van der Waals surface area contributed by atoms with Crippen molar-refractivity contribution in [2.45, 2.75) is 26.7 Å². The number of amides is 1. The Kier molecular flexibility index (Phi) is 6.18. The smallest absolute Gasteiger partial charge is 0.337 e. The lowest BCUT2D eigenvalue weighted by Crippen LogP contribution is -2.22. The number of carbonyl (C=O) groups is 2. The van der Waals surface area contributed by atoms with Gasteiger partial charge in [-0.2, -0.15) is 0 Å². The molecule has 1 atom stereocenters. The number of esters is 1. The van der Waals surface area contributed by atoms with Gasteiger partial charge in [-0.15, -0.1) is 0 Å². The number of aryl methyl sites for hydroxylation is 1. The Hall–Kier alpha value is -1.88. The van der Waals surface area contributed by atoms with Gasteiger partial charge in [-0.3, -0.25) is 4.79 Å². The van der Waals surface area contributed by atoms with Gasteiger partial charge in [-0.05, 0) is 43.1 Å². The van der Waals surface area contributed by atoms with Gasteiger partial charge in [0.2, 0.25) is 5.91 Å². The first kappa shape index (κ1) is 16.2. The number of rotatable bonds is 6. The first-order valence-corrected chi connectivity index (χ1v) is 6.70. The number of benzene rings is 1. The highest BCUT2D eigenvalue weighted by Gasteiger charge is 2.13. The van der Waals surface area contributed by atoms with E-state index in [0.717, 1.165) is 12.0 Å². The minimum absolute atomic E-state index is 0.0591. The van der Waals surface area contributed by atoms with Crippen LogP contribution in [0, 0.1) is 12.8 Å². The maximum Gasteiger partial charge on any atom is 0.337 e. The van der Waals surface area contributed by atoms with Crippen LogP contribution in [0.4, 0.5) is 5.69 Å². The molecule has 5 heteroatoms. The van der Waals surface area contributed by atoms with Gasteiger partial charge in [0.05, 0.1) is 12.7 Å². The van der Waals surface area contributed by atoms with Crippen molar-refractivity contribution in [3.63, 3.8) is 0 Å². The molecule has 1 aromatic rings. The van der Waals surface area contributed by atoms with Crippen LogP contribution in [0.2, 0.25) is 0 Å². The number of hydrogen-bond acceptors (Lipinski definition) is 4. The molecule has 0 heterocycles. The van der Waals surface area contributed by atoms with Gasteiger partial charge in [0.1, 0.15) is 0 Å². The largest absolute Gasteiger partial charge is 0.465 e. The van der Waals surface area contributed by atoms with Crippen molar-refractivity contribution in [3.05, 3.63) is 29.3 Å². The van der Waals surface area contributed by atoms with E-state index in [-0.39, 0.29) is 17.8 Å². The fourth-order valence-corrected chi connectivity index (χ4v) is 1.91. The van der Waals surface area contributed by atoms with E-state index in [2.05, 4.69) is 10.1 Å². The second-order valence-electron chi connectivity index (χ2n) is 4.78. The summed E-state index contributed by atoms with van der Waals surface area (Å²) in [7, 11) is 1.34. The Morgan fingerprint density at radius 1 is 1.40 bits per heavy atom. The van der Waals surface area contributed by atoms with Gasteiger partial charge in [-0.25, -0.2) is 4.79 Å². The van der Waals surface area contributed by atoms with Crippen LogP contribution in [0.25, 0.3) is 0 Å². The van der Waals surface area contributed by atoms with Crippen molar-refractivity contribution in [2.24, 2.45) is 11.7 Å². The van der Waals surface area contributed by atoms with Gasteiger partial charge in [0.15, 0.2) is 0 Å². The zero-order valence-corrected chi connectivity index (χ0v) is 12.2. The molecule has 110 valence electrons. The van der Waals surface area contributed by atoms with Crippen molar-refractivity contribution >= 4 is 17.6 Å². The van der Waals surface area contributed by atoms with Crippen molar-refractivity contribution in [2.75, 3.05) is 19.0 Å². The van der Waals surface area contributed by atoms with E-state index >= 15 is 0 Å². The molecule has 0 saturated carbocycles. The second kappa shape index (κ2) is 7.65. The van der Waals surface area contributed by atoms with E-state index in [1.165, 1.54) is 7.11 Å². The fourth-order valence-electron chi connectivity index (χ4n) is 1.91. The minimum atomic E-state index is -0.389. The topological polar surface area (TPSA) is 81.4 Å². The van der Waals surface area contributed by atoms with E-state index in [9.17, 15) is 9.59 Å². The molecule has 0 aliphatic rings. The monoisotopic (exact) mass is 278 g/mol. The SMILES string of the molecule is CCC(CN)CC(=O)Nc1ccc(C(=O)OC)cc1C. The molecule has 0 aromatic heterocycles. The number of carbonyl (C=O) groups excluding carboxylic acids is 2. The summed E-state index contributed by atoms with van der Waals surface area (Å²) in [5.74, 6) is -0.249. The van der Waals surface area contributed by atoms with Crippen LogP contribution in [0.5, 0.6) is 0 Å². The molecule has 1 amide bonds. The zero-order valence-electron chi connectivity index (χ0n) is 12.2. The molecule has 1 aromatic carbocycles. The molecular weight excluding hydrogens is 256 g/mol. The summed E-state index contributed by atoms with van der Waals surface area (Å²) in [5.41, 5.74) is 7.59. The molecule has 0 fully saturated rings. The molecule has 5 nitrogen and oxygen atoms in total. The number of nitrogens with two attached hydrogens (primary N) is 1. The molecular formula is C15H22N2O3. The third kappa shape index (κ3) is 4.35. The quantitative estimate of drug-likeness (QED) is 0.781. The van der Waals surface area contributed by atoms with Crippen LogP contribution >= 0.6 is 0 Å². The average molecular weight is 278 g/mol. The standard InChI is InChI=1S/C15H22N2O3/c1-4-11(9-16)8-14(18)17-13-6-5-12(7-10(13)2)15(19)20-3/h5-7,11H,4,8-9,16H2,1-3H3,(H,17,18). The number of methoxy groups -OCH3 is 1. The Morgan fingerprint density at radius 2 is 2.10 bits per heavy atom. The highest BCUT2D eigenvalue weighted by atomic mass is 16.5. The summed E-state index contributed by atoms with van der Waals surface area (Å²) in [5, 5.41) is 2.85. The first-order valence-electron chi connectivity index (χ1n) is 6.70. The van der Waals surface area contributed by atoms with Crippen LogP contribution in [-0.4, -0.2) is 25.5 Å². The van der Waals surface area contributed by atoms with Crippen molar-refractivity contribution in [3.8, 4) is 0 Å². The van der Waals surface area contributed by atoms with E-state index in [0.29, 0.717) is 24.2 Å². The maximum atomic E-state index is 11.9. The molecule has 3 N–H and O–H groups in total. The molecule has 20 heavy (non-hydrogen) atoms. The van der Waals surface area contributed by atoms with E-state index in [1.54, 1.807) is 18.2 Å². The summed E-state index contributed by atoms with van der Waals surface area (Å²) in [6, 6.07) is 5.04. The van der Waals surface area contributed by atoms with Crippen LogP contribution in [0.3, 0.4) is 0 Å². The van der Waals surface area contributed by atoms with Crippen molar-refractivity contribution in [1.82, 2.24) is 0 Å². The molecule has 0 saturated heterocycles. The summed E-state index contributed by atoms with van der Waals surface area (Å²) in [6.07, 6.45) is 1.29. The minimum Gasteiger partial charge on any atom is -0.465 e. The highest BCUT2D eigenvalue weighted by Crippen LogP contribution is 2.18. The molecule has 0 spiro atoms. The van der Waals surface area contributed by atoms with Crippen molar-refractivity contribution in [1.29, 1.82) is 0 Å². The van der Waals surface area contributed by atoms with Gasteiger partial charge in [-0.1, -0.05) is 13.3 Å². The lowest BCUT2D eigenvalue weighted by Gasteiger charge is -2.13. The number of anilines is 1. The molecule has 1 rings (SSSR count). The molecule has 1 unspecified atom stereocenters. The first-order chi connectivity index (χ1) is 9.51. The van der Waals surface area contributed by atoms with Gasteiger partial charge >= 0.3 is 5.97 Å². The third-order valence-electron chi connectivity index (χ3n) is 3.31. The molecule has 0 aliphatic carbocycles. The lowest BCUT2D eigenvalue weighted by atomic mass is 10.0. The summed E-state index contributed by atoms with van der Waals surface area (Å²) < 4.78 is 4.65. The van der Waals surface area contributed by atoms with Crippen molar-refractivity contribution < 1.29 is 14.3 Å². The van der Waals surface area contributed by atoms with Gasteiger partial charge in [0, 0.05) is 12.1 Å². The van der Waals surface area contributed by atoms with Gasteiger partial charge < -0.3 is 15.8 Å². The maximum absolute atomic E-state index is 11.9. The van der Waals surface area contributed by atoms with Crippen LogP contribution in [-0.2, 0) is 9.53 Å². The Bertz CT molecular complexity index is 482. The van der Waals surface area contributed by atoms with Crippen LogP contribution < -0.4 is 11.1 Å². The number of hydrogen-bond donors (Lipinski definition) is 2. The highest BCUT2D eigenvalue weighted by molar-refractivity contribution is 5.94. The molecule has 0 aliphatic heterocycles. The number of ether oxygens (including phenoxy) is 1. The Labute approximate surface area is 119 Å². The number of nitrogens with one attached hydrogen (secondary N) is 1. The summed E-state index contributed by atoms with van der Waals surface area (Å²) in [4.78, 5) is 23.3. The Balaban J connectivity index is 2.73. The van der Waals surface area contributed by atoms with Crippen LogP contribution in [0.1, 0.15) is 35.7 Å². The average Bonchev–Trinajstić information content (AvgIpc) is 2.45. The van der Waals surface area contributed by atoms with E-state index in [4.69, 9.17) is 5.73 Å². The molecule has 0 radical (unpaired) electrons.